The molecule has 2 N–H and O–H groups in total. The van der Waals surface area contributed by atoms with Crippen molar-refractivity contribution in [3.05, 3.63) is 42.0 Å². The van der Waals surface area contributed by atoms with Crippen LogP contribution in [0.2, 0.25) is 0 Å². The third-order valence-electron chi connectivity index (χ3n) is 2.60. The summed E-state index contributed by atoms with van der Waals surface area (Å²) in [5, 5.41) is 6.10. The molecule has 2 rings (SSSR count). The van der Waals surface area contributed by atoms with Gasteiger partial charge < -0.3 is 0 Å². The summed E-state index contributed by atoms with van der Waals surface area (Å²) < 4.78 is 64.5. The van der Waals surface area contributed by atoms with Crippen LogP contribution < -0.4 is 4.72 Å². The van der Waals surface area contributed by atoms with E-state index in [2.05, 4.69) is 19.9 Å². The number of aromatic nitrogens is 3. The molecule has 1 aromatic carbocycles. The van der Waals surface area contributed by atoms with E-state index in [-0.39, 0.29) is 13.0 Å². The molecule has 0 bridgehead atoms. The standard InChI is InChI=1S/C11H11F3N4O2S/c12-11(13,14)8-3-1-2-4-9(8)21(19,20)17-6-5-10-15-7-16-18-10/h1-4,7,17H,5-6H2,(H,15,16,18). The molecule has 6 nitrogen and oxygen atoms in total. The fraction of sp³-hybridized carbons (Fsp3) is 0.273. The van der Waals surface area contributed by atoms with Crippen molar-refractivity contribution in [1.82, 2.24) is 19.9 Å². The molecular formula is C11H11F3N4O2S. The first-order valence-corrected chi connectivity index (χ1v) is 7.29. The monoisotopic (exact) mass is 320 g/mol. The lowest BCUT2D eigenvalue weighted by Gasteiger charge is -2.13. The zero-order valence-electron chi connectivity index (χ0n) is 10.6. The number of aromatic amines is 1. The van der Waals surface area contributed by atoms with Gasteiger partial charge in [0.1, 0.15) is 12.2 Å². The van der Waals surface area contributed by atoms with E-state index in [4.69, 9.17) is 0 Å². The van der Waals surface area contributed by atoms with Gasteiger partial charge in [-0.3, -0.25) is 5.10 Å². The van der Waals surface area contributed by atoms with Crippen molar-refractivity contribution in [2.75, 3.05) is 6.54 Å². The summed E-state index contributed by atoms with van der Waals surface area (Å²) in [5.41, 5.74) is -1.20. The highest BCUT2D eigenvalue weighted by atomic mass is 32.2. The van der Waals surface area contributed by atoms with Crippen molar-refractivity contribution < 1.29 is 21.6 Å². The molecule has 0 aliphatic rings. The summed E-state index contributed by atoms with van der Waals surface area (Å²) in [4.78, 5) is 2.99. The Morgan fingerprint density at radius 2 is 1.95 bits per heavy atom. The third-order valence-corrected chi connectivity index (χ3v) is 4.12. The van der Waals surface area contributed by atoms with E-state index in [1.165, 1.54) is 12.4 Å². The van der Waals surface area contributed by atoms with E-state index < -0.39 is 26.7 Å². The Labute approximate surface area is 118 Å². The molecule has 0 aliphatic heterocycles. The van der Waals surface area contributed by atoms with Gasteiger partial charge in [0.25, 0.3) is 0 Å². The molecule has 10 heteroatoms. The van der Waals surface area contributed by atoms with Gasteiger partial charge in [-0.15, -0.1) is 0 Å². The highest BCUT2D eigenvalue weighted by molar-refractivity contribution is 7.89. The number of rotatable bonds is 5. The number of nitrogens with one attached hydrogen (secondary N) is 2. The molecule has 114 valence electrons. The van der Waals surface area contributed by atoms with Crippen molar-refractivity contribution in [3.8, 4) is 0 Å². The lowest BCUT2D eigenvalue weighted by molar-refractivity contribution is -0.139. The quantitative estimate of drug-likeness (QED) is 0.870. The normalized spacial score (nSPS) is 12.5. The Bertz CT molecular complexity index is 699. The molecule has 0 spiro atoms. The molecule has 0 aliphatic carbocycles. The number of alkyl halides is 3. The molecule has 0 saturated heterocycles. The van der Waals surface area contributed by atoms with Gasteiger partial charge in [0.15, 0.2) is 0 Å². The molecule has 1 aromatic heterocycles. The summed E-state index contributed by atoms with van der Waals surface area (Å²) in [5.74, 6) is 0.432. The second kappa shape index (κ2) is 5.82. The molecule has 0 atom stereocenters. The van der Waals surface area contributed by atoms with E-state index >= 15 is 0 Å². The van der Waals surface area contributed by atoms with E-state index in [0.29, 0.717) is 5.82 Å². The Kier molecular flexibility index (Phi) is 4.28. The maximum Gasteiger partial charge on any atom is 0.417 e. The first kappa shape index (κ1) is 15.4. The van der Waals surface area contributed by atoms with Crippen molar-refractivity contribution in [3.63, 3.8) is 0 Å². The third kappa shape index (κ3) is 3.79. The highest BCUT2D eigenvalue weighted by Gasteiger charge is 2.36. The maximum absolute atomic E-state index is 12.8. The summed E-state index contributed by atoms with van der Waals surface area (Å²) in [6, 6.07) is 4.02. The fourth-order valence-corrected chi connectivity index (χ4v) is 2.93. The SMILES string of the molecule is O=S(=O)(NCCc1ncn[nH]1)c1ccccc1C(F)(F)F. The van der Waals surface area contributed by atoms with Crippen LogP contribution in [0.15, 0.2) is 35.5 Å². The van der Waals surface area contributed by atoms with Crippen LogP contribution in [0.1, 0.15) is 11.4 Å². The molecule has 1 heterocycles. The summed E-state index contributed by atoms with van der Waals surface area (Å²) >= 11 is 0. The highest BCUT2D eigenvalue weighted by Crippen LogP contribution is 2.33. The van der Waals surface area contributed by atoms with E-state index in [1.54, 1.807) is 0 Å². The van der Waals surface area contributed by atoms with Gasteiger partial charge in [-0.25, -0.2) is 18.1 Å². The Hall–Kier alpha value is -1.94. The molecule has 0 amide bonds. The fourth-order valence-electron chi connectivity index (χ4n) is 1.67. The Morgan fingerprint density at radius 3 is 2.57 bits per heavy atom. The number of sulfonamides is 1. The first-order chi connectivity index (χ1) is 9.81. The predicted octanol–water partition coefficient (Wildman–Crippen LogP) is 1.34. The molecule has 0 radical (unpaired) electrons. The topological polar surface area (TPSA) is 87.7 Å². The van der Waals surface area contributed by atoms with Crippen molar-refractivity contribution >= 4 is 10.0 Å². The maximum atomic E-state index is 12.8. The Balaban J connectivity index is 2.16. The zero-order valence-corrected chi connectivity index (χ0v) is 11.4. The van der Waals surface area contributed by atoms with Crippen LogP contribution in [0.5, 0.6) is 0 Å². The zero-order chi connectivity index (χ0) is 15.5. The lowest BCUT2D eigenvalue weighted by Crippen LogP contribution is -2.28. The summed E-state index contributed by atoms with van der Waals surface area (Å²) in [6.07, 6.45) is -3.30. The molecular weight excluding hydrogens is 309 g/mol. The van der Waals surface area contributed by atoms with Crippen LogP contribution >= 0.6 is 0 Å². The minimum atomic E-state index is -4.74. The average molecular weight is 320 g/mol. The molecule has 21 heavy (non-hydrogen) atoms. The number of H-pyrrole nitrogens is 1. The van der Waals surface area contributed by atoms with Crippen LogP contribution in [0.3, 0.4) is 0 Å². The predicted molar refractivity (Wildman–Crippen MR) is 66.7 cm³/mol. The molecule has 0 fully saturated rings. The van der Waals surface area contributed by atoms with Crippen LogP contribution in [0, 0.1) is 0 Å². The van der Waals surface area contributed by atoms with Gasteiger partial charge in [0.05, 0.1) is 10.5 Å². The smallest absolute Gasteiger partial charge is 0.263 e. The van der Waals surface area contributed by atoms with Gasteiger partial charge in [0.2, 0.25) is 10.0 Å². The second-order valence-corrected chi connectivity index (χ2v) is 5.81. The van der Waals surface area contributed by atoms with Gasteiger partial charge in [0, 0.05) is 13.0 Å². The minimum absolute atomic E-state index is 0.0935. The molecule has 0 unspecified atom stereocenters. The van der Waals surface area contributed by atoms with Crippen molar-refractivity contribution in [1.29, 1.82) is 0 Å². The van der Waals surface area contributed by atoms with Gasteiger partial charge in [-0.2, -0.15) is 18.3 Å². The van der Waals surface area contributed by atoms with E-state index in [9.17, 15) is 21.6 Å². The van der Waals surface area contributed by atoms with Crippen molar-refractivity contribution in [2.45, 2.75) is 17.5 Å². The largest absolute Gasteiger partial charge is 0.417 e. The first-order valence-electron chi connectivity index (χ1n) is 5.81. The number of hydrogen-bond acceptors (Lipinski definition) is 4. The lowest BCUT2D eigenvalue weighted by atomic mass is 10.2. The van der Waals surface area contributed by atoms with E-state index in [0.717, 1.165) is 18.2 Å². The van der Waals surface area contributed by atoms with Crippen LogP contribution in [-0.4, -0.2) is 30.1 Å². The molecule has 2 aromatic rings. The van der Waals surface area contributed by atoms with Crippen LogP contribution in [-0.2, 0) is 22.6 Å². The van der Waals surface area contributed by atoms with Gasteiger partial charge in [-0.1, -0.05) is 12.1 Å². The van der Waals surface area contributed by atoms with E-state index in [1.807, 2.05) is 0 Å². The Morgan fingerprint density at radius 1 is 1.24 bits per heavy atom. The molecule has 0 saturated carbocycles. The van der Waals surface area contributed by atoms with Crippen LogP contribution in [0.25, 0.3) is 0 Å². The number of nitrogens with zero attached hydrogens (tertiary/aromatic N) is 2. The summed E-state index contributed by atoms with van der Waals surface area (Å²) in [6.45, 7) is -0.0935. The second-order valence-electron chi connectivity index (χ2n) is 4.07. The van der Waals surface area contributed by atoms with Gasteiger partial charge in [-0.05, 0) is 12.1 Å². The minimum Gasteiger partial charge on any atom is -0.263 e. The summed E-state index contributed by atoms with van der Waals surface area (Å²) in [7, 11) is -4.26. The number of halogens is 3. The number of hydrogen-bond donors (Lipinski definition) is 2. The van der Waals surface area contributed by atoms with Crippen molar-refractivity contribution in [2.24, 2.45) is 0 Å². The van der Waals surface area contributed by atoms with Crippen LogP contribution in [0.4, 0.5) is 13.2 Å². The van der Waals surface area contributed by atoms with Gasteiger partial charge >= 0.3 is 6.18 Å². The number of benzene rings is 1. The average Bonchev–Trinajstić information content (AvgIpc) is 2.91.